The molecule has 2 aliphatic rings. The average molecular weight is 201 g/mol. The first-order valence-electron chi connectivity index (χ1n) is 5.58. The zero-order valence-electron chi connectivity index (χ0n) is 9.62. The van der Waals surface area contributed by atoms with Crippen LogP contribution in [-0.4, -0.2) is 31.7 Å². The Hall–Kier alpha value is -1.02. The van der Waals surface area contributed by atoms with Crippen molar-refractivity contribution >= 4 is 5.69 Å². The van der Waals surface area contributed by atoms with E-state index in [1.807, 2.05) is 6.07 Å². The van der Waals surface area contributed by atoms with Crippen LogP contribution in [0.25, 0.3) is 0 Å². The van der Waals surface area contributed by atoms with Gasteiger partial charge in [0.05, 0.1) is 6.17 Å². The van der Waals surface area contributed by atoms with Gasteiger partial charge in [-0.2, -0.15) is 0 Å². The fourth-order valence-corrected chi connectivity index (χ4v) is 3.46. The Labute approximate surface area is 91.5 Å². The molecule has 79 valence electrons. The second-order valence-electron chi connectivity index (χ2n) is 5.08. The topological polar surface area (TPSA) is 6.48 Å². The molecule has 1 unspecified atom stereocenters. The quantitative estimate of drug-likeness (QED) is 0.632. The van der Waals surface area contributed by atoms with Crippen LogP contribution in [0.4, 0.5) is 5.69 Å². The number of hydrogen-bond acceptors (Lipinski definition) is 2. The summed E-state index contributed by atoms with van der Waals surface area (Å²) in [6.07, 6.45) is 1.78. The predicted octanol–water partition coefficient (Wildman–Crippen LogP) is 1.86. The van der Waals surface area contributed by atoms with E-state index in [2.05, 4.69) is 49.0 Å². The van der Waals surface area contributed by atoms with Crippen molar-refractivity contribution in [3.05, 3.63) is 29.8 Å². The lowest BCUT2D eigenvalue weighted by atomic mass is 9.81. The van der Waals surface area contributed by atoms with Gasteiger partial charge in [0.1, 0.15) is 0 Å². The average Bonchev–Trinajstić information content (AvgIpc) is 2.65. The van der Waals surface area contributed by atoms with Crippen molar-refractivity contribution < 1.29 is 0 Å². The Kier molecular flexibility index (Phi) is 1.70. The van der Waals surface area contributed by atoms with E-state index >= 15 is 0 Å². The van der Waals surface area contributed by atoms with E-state index in [4.69, 9.17) is 0 Å². The summed E-state index contributed by atoms with van der Waals surface area (Å²) < 4.78 is 0. The minimum absolute atomic E-state index is 0.302. The van der Waals surface area contributed by atoms with Crippen LogP contribution in [0, 0.1) is 6.07 Å². The normalized spacial score (nSPS) is 34.3. The van der Waals surface area contributed by atoms with Gasteiger partial charge >= 0.3 is 0 Å². The summed E-state index contributed by atoms with van der Waals surface area (Å²) in [4.78, 5) is 4.87. The maximum Gasteiger partial charge on any atom is 0.0911 e. The van der Waals surface area contributed by atoms with Gasteiger partial charge in [-0.05, 0) is 37.2 Å². The summed E-state index contributed by atoms with van der Waals surface area (Å²) in [5.74, 6) is 0. The van der Waals surface area contributed by atoms with Crippen LogP contribution in [0.5, 0.6) is 0 Å². The summed E-state index contributed by atoms with van der Waals surface area (Å²) in [7, 11) is 4.43. The van der Waals surface area contributed by atoms with Crippen molar-refractivity contribution in [3.8, 4) is 0 Å². The molecular formula is C13H17N2. The van der Waals surface area contributed by atoms with Crippen LogP contribution >= 0.6 is 0 Å². The van der Waals surface area contributed by atoms with Gasteiger partial charge in [0.2, 0.25) is 0 Å². The molecule has 0 bridgehead atoms. The Balaban J connectivity index is 2.19. The standard InChI is InChI=1S/C13H17N2/c1-13-8-9-14(2)12(13)15(3)11-7-5-4-6-10(11)13/h5-7,12H,8-9H2,1-3H3/t12?,13-/m0/s1. The first-order valence-corrected chi connectivity index (χ1v) is 5.58. The molecule has 15 heavy (non-hydrogen) atoms. The zero-order valence-corrected chi connectivity index (χ0v) is 9.62. The summed E-state index contributed by atoms with van der Waals surface area (Å²) in [6, 6.07) is 9.59. The molecule has 1 aromatic rings. The fourth-order valence-electron chi connectivity index (χ4n) is 3.46. The van der Waals surface area contributed by atoms with Gasteiger partial charge in [-0.3, -0.25) is 4.90 Å². The molecular weight excluding hydrogens is 184 g/mol. The smallest absolute Gasteiger partial charge is 0.0911 e. The van der Waals surface area contributed by atoms with Crippen LogP contribution < -0.4 is 4.90 Å². The van der Waals surface area contributed by atoms with Crippen LogP contribution in [0.3, 0.4) is 0 Å². The van der Waals surface area contributed by atoms with Crippen molar-refractivity contribution in [2.75, 3.05) is 25.5 Å². The van der Waals surface area contributed by atoms with E-state index in [0.29, 0.717) is 11.6 Å². The largest absolute Gasteiger partial charge is 0.358 e. The second-order valence-corrected chi connectivity index (χ2v) is 5.08. The molecule has 0 aliphatic carbocycles. The first kappa shape index (κ1) is 9.22. The summed E-state index contributed by atoms with van der Waals surface area (Å²) in [5.41, 5.74) is 3.16. The van der Waals surface area contributed by atoms with Gasteiger partial charge < -0.3 is 4.90 Å². The summed E-state index contributed by atoms with van der Waals surface area (Å²) in [6.45, 7) is 3.58. The third kappa shape index (κ3) is 0.979. The van der Waals surface area contributed by atoms with Gasteiger partial charge in [-0.25, -0.2) is 0 Å². The fraction of sp³-hybridized carbons (Fsp3) is 0.538. The van der Waals surface area contributed by atoms with E-state index < -0.39 is 0 Å². The molecule has 2 aliphatic heterocycles. The number of likely N-dealkylation sites (N-methyl/N-ethyl adjacent to an activating group) is 2. The lowest BCUT2D eigenvalue weighted by Gasteiger charge is -2.32. The molecule has 0 spiro atoms. The highest BCUT2D eigenvalue weighted by Crippen LogP contribution is 2.50. The zero-order chi connectivity index (χ0) is 10.6. The Morgan fingerprint density at radius 2 is 2.27 bits per heavy atom. The lowest BCUT2D eigenvalue weighted by Crippen LogP contribution is -2.45. The molecule has 0 saturated carbocycles. The van der Waals surface area contributed by atoms with Crippen LogP contribution in [0.2, 0.25) is 0 Å². The van der Waals surface area contributed by atoms with Crippen molar-refractivity contribution in [2.45, 2.75) is 24.9 Å². The van der Waals surface area contributed by atoms with Gasteiger partial charge in [0.15, 0.2) is 0 Å². The maximum atomic E-state index is 3.22. The minimum atomic E-state index is 0.302. The molecule has 1 saturated heterocycles. The van der Waals surface area contributed by atoms with Crippen LogP contribution in [-0.2, 0) is 5.41 Å². The van der Waals surface area contributed by atoms with Crippen LogP contribution in [0.15, 0.2) is 18.2 Å². The molecule has 0 N–H and O–H groups in total. The van der Waals surface area contributed by atoms with Crippen molar-refractivity contribution in [1.82, 2.24) is 4.90 Å². The number of likely N-dealkylation sites (tertiary alicyclic amines) is 1. The Morgan fingerprint density at radius 1 is 1.47 bits per heavy atom. The number of hydrogen-bond donors (Lipinski definition) is 0. The second kappa shape index (κ2) is 2.76. The molecule has 0 amide bonds. The molecule has 2 heterocycles. The summed E-state index contributed by atoms with van der Waals surface area (Å²) in [5, 5.41) is 0. The Morgan fingerprint density at radius 3 is 3.07 bits per heavy atom. The molecule has 2 nitrogen and oxygen atoms in total. The molecule has 1 radical (unpaired) electrons. The highest BCUT2D eigenvalue weighted by atomic mass is 15.4. The van der Waals surface area contributed by atoms with E-state index in [-0.39, 0.29) is 0 Å². The van der Waals surface area contributed by atoms with E-state index in [1.165, 1.54) is 24.2 Å². The lowest BCUT2D eigenvalue weighted by molar-refractivity contribution is 0.268. The molecule has 1 fully saturated rings. The maximum absolute atomic E-state index is 3.22. The van der Waals surface area contributed by atoms with Crippen molar-refractivity contribution in [2.24, 2.45) is 0 Å². The summed E-state index contributed by atoms with van der Waals surface area (Å²) >= 11 is 0. The third-order valence-electron chi connectivity index (χ3n) is 4.17. The highest BCUT2D eigenvalue weighted by Gasteiger charge is 2.51. The molecule has 3 rings (SSSR count). The van der Waals surface area contributed by atoms with E-state index in [1.54, 1.807) is 0 Å². The molecule has 0 aromatic heterocycles. The van der Waals surface area contributed by atoms with Crippen molar-refractivity contribution in [1.29, 1.82) is 0 Å². The number of anilines is 1. The number of benzene rings is 1. The van der Waals surface area contributed by atoms with Crippen LogP contribution in [0.1, 0.15) is 18.9 Å². The van der Waals surface area contributed by atoms with E-state index in [0.717, 1.165) is 0 Å². The highest BCUT2D eigenvalue weighted by molar-refractivity contribution is 5.63. The van der Waals surface area contributed by atoms with Gasteiger partial charge in [-0.1, -0.05) is 13.0 Å². The van der Waals surface area contributed by atoms with Gasteiger partial charge in [0, 0.05) is 24.7 Å². The number of nitrogens with zero attached hydrogens (tertiary/aromatic N) is 2. The minimum Gasteiger partial charge on any atom is -0.358 e. The predicted molar refractivity (Wildman–Crippen MR) is 62.1 cm³/mol. The number of rotatable bonds is 0. The van der Waals surface area contributed by atoms with E-state index in [9.17, 15) is 0 Å². The monoisotopic (exact) mass is 201 g/mol. The SMILES string of the molecule is CN1CC[C@@]2(C)c3c[c]ccc3N(C)C12. The van der Waals surface area contributed by atoms with Gasteiger partial charge in [-0.15, -0.1) is 0 Å². The molecule has 1 aromatic carbocycles. The number of fused-ring (bicyclic) bond motifs is 3. The Bertz CT molecular complexity index is 401. The molecule has 2 heteroatoms. The first-order chi connectivity index (χ1) is 7.14. The van der Waals surface area contributed by atoms with Gasteiger partial charge in [0.25, 0.3) is 0 Å². The molecule has 2 atom stereocenters. The third-order valence-corrected chi connectivity index (χ3v) is 4.17. The van der Waals surface area contributed by atoms with Crippen molar-refractivity contribution in [3.63, 3.8) is 0 Å².